The first kappa shape index (κ1) is 20.7. The van der Waals surface area contributed by atoms with Crippen molar-refractivity contribution in [1.82, 2.24) is 0 Å². The second-order valence-corrected chi connectivity index (χ2v) is 5.78. The second kappa shape index (κ2) is 17.7. The zero-order valence-electron chi connectivity index (χ0n) is 14.3. The van der Waals surface area contributed by atoms with E-state index in [4.69, 9.17) is 5.11 Å². The number of carboxylic acids is 1. The van der Waals surface area contributed by atoms with Crippen LogP contribution in [0.1, 0.15) is 84.0 Å². The van der Waals surface area contributed by atoms with Crippen LogP contribution in [0.15, 0.2) is 36.5 Å². The number of allylic oxidation sites excluding steroid dienone is 5. The maximum atomic E-state index is 10.3. The summed E-state index contributed by atoms with van der Waals surface area (Å²) in [4.78, 5) is 10.3. The van der Waals surface area contributed by atoms with Crippen molar-refractivity contribution in [3.05, 3.63) is 36.5 Å². The van der Waals surface area contributed by atoms with Crippen LogP contribution < -0.4 is 0 Å². The lowest BCUT2D eigenvalue weighted by Gasteiger charge is -2.00. The summed E-state index contributed by atoms with van der Waals surface area (Å²) in [6, 6.07) is 0. The first-order valence-electron chi connectivity index (χ1n) is 8.95. The molecule has 0 amide bonds. The Kier molecular flexibility index (Phi) is 16.7. The number of rotatable bonds is 15. The maximum absolute atomic E-state index is 10.3. The van der Waals surface area contributed by atoms with E-state index in [1.807, 2.05) is 18.2 Å². The van der Waals surface area contributed by atoms with Crippen LogP contribution >= 0.6 is 0 Å². The molecule has 0 heterocycles. The second-order valence-electron chi connectivity index (χ2n) is 5.78. The van der Waals surface area contributed by atoms with Gasteiger partial charge < -0.3 is 5.11 Å². The van der Waals surface area contributed by atoms with E-state index in [0.29, 0.717) is 0 Å². The number of unbranched alkanes of at least 4 members (excludes halogenated alkanes) is 9. The van der Waals surface area contributed by atoms with Gasteiger partial charge in [-0.1, -0.05) is 94.7 Å². The first-order chi connectivity index (χ1) is 10.8. The molecule has 126 valence electrons. The quantitative estimate of drug-likeness (QED) is 0.215. The van der Waals surface area contributed by atoms with Crippen molar-refractivity contribution in [3.63, 3.8) is 0 Å². The average molecular weight is 306 g/mol. The van der Waals surface area contributed by atoms with E-state index in [0.717, 1.165) is 12.8 Å². The minimum Gasteiger partial charge on any atom is -0.481 e. The minimum atomic E-state index is -0.777. The Morgan fingerprint density at radius 2 is 1.36 bits per heavy atom. The Morgan fingerprint density at radius 3 is 2.00 bits per heavy atom. The van der Waals surface area contributed by atoms with E-state index in [-0.39, 0.29) is 6.42 Å². The summed E-state index contributed by atoms with van der Waals surface area (Å²) in [7, 11) is 0. The van der Waals surface area contributed by atoms with Gasteiger partial charge in [-0.2, -0.15) is 0 Å². The predicted molar refractivity (Wildman–Crippen MR) is 96.1 cm³/mol. The van der Waals surface area contributed by atoms with Crippen molar-refractivity contribution in [2.45, 2.75) is 84.0 Å². The standard InChI is InChI=1S/C20H34O2/c1-2-3-4-5-6-7-8-9-10-11-12-13-14-15-16-17-18-19-20(21)22/h12-15,17-18H,2-11,16,19H2,1H3,(H,21,22). The number of aliphatic carboxylic acids is 1. The third-order valence-electron chi connectivity index (χ3n) is 3.59. The molecular formula is C20H34O2. The molecule has 2 nitrogen and oxygen atoms in total. The van der Waals surface area contributed by atoms with Crippen LogP contribution in [0.2, 0.25) is 0 Å². The molecule has 0 spiro atoms. The van der Waals surface area contributed by atoms with Gasteiger partial charge in [-0.25, -0.2) is 0 Å². The van der Waals surface area contributed by atoms with Gasteiger partial charge in [0, 0.05) is 0 Å². The van der Waals surface area contributed by atoms with E-state index in [9.17, 15) is 4.79 Å². The molecule has 1 N–H and O–H groups in total. The molecular weight excluding hydrogens is 272 g/mol. The van der Waals surface area contributed by atoms with E-state index < -0.39 is 5.97 Å². The Balaban J connectivity index is 3.26. The molecule has 22 heavy (non-hydrogen) atoms. The van der Waals surface area contributed by atoms with Gasteiger partial charge in [-0.05, 0) is 19.3 Å². The maximum Gasteiger partial charge on any atom is 0.307 e. The van der Waals surface area contributed by atoms with Gasteiger partial charge in [-0.15, -0.1) is 0 Å². The van der Waals surface area contributed by atoms with Gasteiger partial charge in [0.1, 0.15) is 0 Å². The highest BCUT2D eigenvalue weighted by Crippen LogP contribution is 2.10. The van der Waals surface area contributed by atoms with Crippen molar-refractivity contribution in [2.75, 3.05) is 0 Å². The molecule has 0 aliphatic carbocycles. The highest BCUT2D eigenvalue weighted by molar-refractivity contribution is 5.68. The monoisotopic (exact) mass is 306 g/mol. The predicted octanol–water partition coefficient (Wildman–Crippen LogP) is 6.44. The molecule has 0 rings (SSSR count). The lowest BCUT2D eigenvalue weighted by atomic mass is 10.1. The van der Waals surface area contributed by atoms with E-state index in [1.165, 1.54) is 57.8 Å². The topological polar surface area (TPSA) is 37.3 Å². The Bertz CT molecular complexity index is 327. The highest BCUT2D eigenvalue weighted by atomic mass is 16.4. The van der Waals surface area contributed by atoms with Crippen LogP contribution in [-0.2, 0) is 4.79 Å². The van der Waals surface area contributed by atoms with Gasteiger partial charge in [0.15, 0.2) is 0 Å². The van der Waals surface area contributed by atoms with Crippen molar-refractivity contribution in [2.24, 2.45) is 0 Å². The molecule has 0 atom stereocenters. The largest absolute Gasteiger partial charge is 0.481 e. The van der Waals surface area contributed by atoms with Crippen LogP contribution in [0, 0.1) is 0 Å². The highest BCUT2D eigenvalue weighted by Gasteiger charge is 1.91. The molecule has 0 unspecified atom stereocenters. The molecule has 0 saturated carbocycles. The summed E-state index contributed by atoms with van der Waals surface area (Å²) in [6.45, 7) is 2.26. The third-order valence-corrected chi connectivity index (χ3v) is 3.59. The molecule has 0 radical (unpaired) electrons. The molecule has 0 fully saturated rings. The molecule has 2 heteroatoms. The Morgan fingerprint density at radius 1 is 0.773 bits per heavy atom. The van der Waals surface area contributed by atoms with Gasteiger partial charge in [0.2, 0.25) is 0 Å². The Hall–Kier alpha value is -1.31. The van der Waals surface area contributed by atoms with Crippen LogP contribution in [0.25, 0.3) is 0 Å². The number of carboxylic acid groups (broad SMARTS) is 1. The van der Waals surface area contributed by atoms with Gasteiger partial charge in [0.05, 0.1) is 6.42 Å². The normalized spacial score (nSPS) is 12.0. The summed E-state index contributed by atoms with van der Waals surface area (Å²) >= 11 is 0. The average Bonchev–Trinajstić information content (AvgIpc) is 2.50. The van der Waals surface area contributed by atoms with Crippen molar-refractivity contribution >= 4 is 5.97 Å². The fraction of sp³-hybridized carbons (Fsp3) is 0.650. The zero-order chi connectivity index (χ0) is 16.3. The van der Waals surface area contributed by atoms with Gasteiger partial charge in [-0.3, -0.25) is 4.79 Å². The smallest absolute Gasteiger partial charge is 0.307 e. The number of carbonyl (C=O) groups is 1. The summed E-state index contributed by atoms with van der Waals surface area (Å²) in [5, 5.41) is 8.46. The molecule has 0 bridgehead atoms. The zero-order valence-corrected chi connectivity index (χ0v) is 14.3. The van der Waals surface area contributed by atoms with Crippen LogP contribution in [-0.4, -0.2) is 11.1 Å². The summed E-state index contributed by atoms with van der Waals surface area (Å²) in [6.07, 6.45) is 26.4. The molecule has 0 aliphatic heterocycles. The molecule has 0 aromatic rings. The summed E-state index contributed by atoms with van der Waals surface area (Å²) in [5.41, 5.74) is 0. The Labute approximate surface area is 137 Å². The third kappa shape index (κ3) is 18.7. The minimum absolute atomic E-state index is 0.113. The summed E-state index contributed by atoms with van der Waals surface area (Å²) < 4.78 is 0. The van der Waals surface area contributed by atoms with Crippen LogP contribution in [0.5, 0.6) is 0 Å². The van der Waals surface area contributed by atoms with Crippen molar-refractivity contribution in [3.8, 4) is 0 Å². The molecule has 0 aromatic carbocycles. The first-order valence-corrected chi connectivity index (χ1v) is 8.95. The van der Waals surface area contributed by atoms with E-state index in [2.05, 4.69) is 19.1 Å². The fourth-order valence-corrected chi connectivity index (χ4v) is 2.26. The van der Waals surface area contributed by atoms with Gasteiger partial charge in [0.25, 0.3) is 0 Å². The molecule has 0 aromatic heterocycles. The lowest BCUT2D eigenvalue weighted by Crippen LogP contribution is -1.89. The van der Waals surface area contributed by atoms with Crippen molar-refractivity contribution in [1.29, 1.82) is 0 Å². The van der Waals surface area contributed by atoms with E-state index in [1.54, 1.807) is 6.08 Å². The van der Waals surface area contributed by atoms with E-state index >= 15 is 0 Å². The van der Waals surface area contributed by atoms with Crippen molar-refractivity contribution < 1.29 is 9.90 Å². The number of hydrogen-bond acceptors (Lipinski definition) is 1. The lowest BCUT2D eigenvalue weighted by molar-refractivity contribution is -0.136. The van der Waals surface area contributed by atoms with Gasteiger partial charge >= 0.3 is 5.97 Å². The fourth-order valence-electron chi connectivity index (χ4n) is 2.26. The van der Waals surface area contributed by atoms with Crippen LogP contribution in [0.3, 0.4) is 0 Å². The number of hydrogen-bond donors (Lipinski definition) is 1. The molecule has 0 saturated heterocycles. The van der Waals surface area contributed by atoms with Crippen LogP contribution in [0.4, 0.5) is 0 Å². The SMILES string of the molecule is CCCCCCCCCCCC=CC=CCC=CCC(=O)O. The molecule has 0 aliphatic rings. The summed E-state index contributed by atoms with van der Waals surface area (Å²) in [5.74, 6) is -0.777.